The maximum Gasteiger partial charge on any atom is 0.243 e. The minimum atomic E-state index is -3.47. The first kappa shape index (κ1) is 22.7. The van der Waals surface area contributed by atoms with Crippen LogP contribution in [0.5, 0.6) is 5.75 Å². The highest BCUT2D eigenvalue weighted by atomic mass is 32.2. The molecule has 0 aromatic heterocycles. The van der Waals surface area contributed by atoms with E-state index in [4.69, 9.17) is 4.74 Å². The van der Waals surface area contributed by atoms with Crippen LogP contribution in [0.25, 0.3) is 0 Å². The molecule has 0 bridgehead atoms. The molecule has 1 aliphatic heterocycles. The molecule has 0 spiro atoms. The van der Waals surface area contributed by atoms with Gasteiger partial charge in [0.25, 0.3) is 0 Å². The molecule has 0 aliphatic carbocycles. The van der Waals surface area contributed by atoms with Gasteiger partial charge in [-0.1, -0.05) is 29.8 Å². The number of aryl methyl sites for hydroxylation is 3. The van der Waals surface area contributed by atoms with E-state index in [-0.39, 0.29) is 6.61 Å². The summed E-state index contributed by atoms with van der Waals surface area (Å²) in [5.41, 5.74) is 4.35. The number of benzene rings is 2. The third-order valence-corrected chi connectivity index (χ3v) is 7.67. The lowest BCUT2D eigenvalue weighted by Crippen LogP contribution is -2.50. The Hall–Kier alpha value is -1.93. The predicted octanol–water partition coefficient (Wildman–Crippen LogP) is 2.67. The molecule has 2 aromatic rings. The van der Waals surface area contributed by atoms with E-state index >= 15 is 0 Å². The molecule has 3 rings (SSSR count). The van der Waals surface area contributed by atoms with E-state index in [1.54, 1.807) is 12.1 Å². The number of aliphatic hydroxyl groups is 1. The molecule has 7 heteroatoms. The van der Waals surface area contributed by atoms with Crippen LogP contribution in [-0.4, -0.2) is 68.2 Å². The number of sulfonamides is 1. The molecule has 1 unspecified atom stereocenters. The lowest BCUT2D eigenvalue weighted by atomic mass is 10.1. The quantitative estimate of drug-likeness (QED) is 0.728. The van der Waals surface area contributed by atoms with Crippen LogP contribution < -0.4 is 4.74 Å². The lowest BCUT2D eigenvalue weighted by molar-refractivity contribution is 0.0565. The summed E-state index contributed by atoms with van der Waals surface area (Å²) < 4.78 is 33.1. The van der Waals surface area contributed by atoms with Crippen molar-refractivity contribution in [3.8, 4) is 5.75 Å². The first-order valence-electron chi connectivity index (χ1n) is 10.4. The van der Waals surface area contributed by atoms with Gasteiger partial charge < -0.3 is 9.84 Å². The molecule has 1 aliphatic rings. The van der Waals surface area contributed by atoms with Gasteiger partial charge in [-0.3, -0.25) is 4.90 Å². The van der Waals surface area contributed by atoms with Gasteiger partial charge in [-0.25, -0.2) is 8.42 Å². The molecule has 1 atom stereocenters. The van der Waals surface area contributed by atoms with Crippen molar-refractivity contribution >= 4 is 10.0 Å². The average molecular weight is 433 g/mol. The van der Waals surface area contributed by atoms with Gasteiger partial charge in [0.05, 0.1) is 4.90 Å². The Balaban J connectivity index is 1.51. The summed E-state index contributed by atoms with van der Waals surface area (Å²) >= 11 is 0. The minimum Gasteiger partial charge on any atom is -0.490 e. The second kappa shape index (κ2) is 9.47. The van der Waals surface area contributed by atoms with Crippen molar-refractivity contribution in [3.05, 3.63) is 58.7 Å². The van der Waals surface area contributed by atoms with Crippen LogP contribution in [0.15, 0.2) is 41.3 Å². The zero-order valence-electron chi connectivity index (χ0n) is 18.3. The lowest BCUT2D eigenvalue weighted by Gasteiger charge is -2.34. The number of piperazine rings is 1. The van der Waals surface area contributed by atoms with Gasteiger partial charge in [-0.2, -0.15) is 4.31 Å². The number of nitrogens with zero attached hydrogens (tertiary/aromatic N) is 2. The predicted molar refractivity (Wildman–Crippen MR) is 119 cm³/mol. The zero-order chi connectivity index (χ0) is 21.9. The molecule has 6 nitrogen and oxygen atoms in total. The van der Waals surface area contributed by atoms with Gasteiger partial charge in [0, 0.05) is 32.7 Å². The van der Waals surface area contributed by atoms with Gasteiger partial charge in [-0.15, -0.1) is 0 Å². The van der Waals surface area contributed by atoms with Crippen LogP contribution in [0.3, 0.4) is 0 Å². The van der Waals surface area contributed by atoms with E-state index in [1.165, 1.54) is 4.31 Å². The van der Waals surface area contributed by atoms with Crippen LogP contribution in [0.2, 0.25) is 0 Å². The highest BCUT2D eigenvalue weighted by Gasteiger charge is 2.29. The number of hydrogen-bond acceptors (Lipinski definition) is 5. The molecule has 0 radical (unpaired) electrons. The number of β-amino-alcohol motifs (C(OH)–C–C–N with tert-alkyl or cyclic N) is 1. The molecule has 1 N–H and O–H groups in total. The average Bonchev–Trinajstić information content (AvgIpc) is 2.71. The zero-order valence-corrected chi connectivity index (χ0v) is 19.1. The van der Waals surface area contributed by atoms with Gasteiger partial charge in [0.15, 0.2) is 0 Å². The van der Waals surface area contributed by atoms with Gasteiger partial charge in [-0.05, 0) is 56.5 Å². The maximum absolute atomic E-state index is 12.8. The molecule has 30 heavy (non-hydrogen) atoms. The fraction of sp³-hybridized carbons (Fsp3) is 0.478. The normalized spacial score (nSPS) is 17.1. The second-order valence-electron chi connectivity index (χ2n) is 8.14. The van der Waals surface area contributed by atoms with E-state index in [2.05, 4.69) is 11.0 Å². The summed E-state index contributed by atoms with van der Waals surface area (Å²) in [7, 11) is -3.47. The first-order valence-corrected chi connectivity index (χ1v) is 11.8. The SMILES string of the molecule is Cc1ccc(S(=O)(=O)N2CCN(CC(O)COc3c(C)ccc(C)c3C)CC2)cc1. The number of aliphatic hydroxyl groups excluding tert-OH is 1. The summed E-state index contributed by atoms with van der Waals surface area (Å²) in [4.78, 5) is 2.42. The number of hydrogen-bond donors (Lipinski definition) is 1. The van der Waals surface area contributed by atoms with Gasteiger partial charge in [0.1, 0.15) is 18.5 Å². The Morgan fingerprint density at radius 1 is 0.933 bits per heavy atom. The van der Waals surface area contributed by atoms with Crippen LogP contribution in [0.1, 0.15) is 22.3 Å². The Kier molecular flexibility index (Phi) is 7.18. The van der Waals surface area contributed by atoms with Crippen LogP contribution in [0.4, 0.5) is 0 Å². The van der Waals surface area contributed by atoms with Crippen LogP contribution in [-0.2, 0) is 10.0 Å². The van der Waals surface area contributed by atoms with Gasteiger partial charge in [0.2, 0.25) is 10.0 Å². The molecule has 0 saturated carbocycles. The fourth-order valence-corrected chi connectivity index (χ4v) is 5.11. The third-order valence-electron chi connectivity index (χ3n) is 5.75. The molecule has 1 heterocycles. The first-order chi connectivity index (χ1) is 14.2. The van der Waals surface area contributed by atoms with E-state index in [1.807, 2.05) is 45.9 Å². The van der Waals surface area contributed by atoms with Crippen molar-refractivity contribution < 1.29 is 18.3 Å². The topological polar surface area (TPSA) is 70.1 Å². The summed E-state index contributed by atoms with van der Waals surface area (Å²) in [6, 6.07) is 11.0. The van der Waals surface area contributed by atoms with E-state index in [0.29, 0.717) is 37.6 Å². The van der Waals surface area contributed by atoms with E-state index in [9.17, 15) is 13.5 Å². The molecular weight excluding hydrogens is 400 g/mol. The van der Waals surface area contributed by atoms with Crippen molar-refractivity contribution in [1.29, 1.82) is 0 Å². The Labute approximate surface area is 180 Å². The fourth-order valence-electron chi connectivity index (χ4n) is 3.69. The van der Waals surface area contributed by atoms with Crippen molar-refractivity contribution in [1.82, 2.24) is 9.21 Å². The van der Waals surface area contributed by atoms with E-state index in [0.717, 1.165) is 28.0 Å². The highest BCUT2D eigenvalue weighted by molar-refractivity contribution is 7.89. The smallest absolute Gasteiger partial charge is 0.243 e. The largest absolute Gasteiger partial charge is 0.490 e. The second-order valence-corrected chi connectivity index (χ2v) is 10.1. The molecule has 2 aromatic carbocycles. The molecule has 164 valence electrons. The molecular formula is C23H32N2O4S. The van der Waals surface area contributed by atoms with Crippen molar-refractivity contribution in [2.24, 2.45) is 0 Å². The van der Waals surface area contributed by atoms with Crippen molar-refractivity contribution in [2.45, 2.75) is 38.7 Å². The standard InChI is InChI=1S/C23H32N2O4S/c1-17-5-9-22(10-6-17)30(27,28)25-13-11-24(12-14-25)15-21(26)16-29-23-19(3)8-7-18(2)20(23)4/h5-10,21,26H,11-16H2,1-4H3. The van der Waals surface area contributed by atoms with Crippen molar-refractivity contribution in [2.75, 3.05) is 39.3 Å². The third kappa shape index (κ3) is 5.21. The highest BCUT2D eigenvalue weighted by Crippen LogP contribution is 2.26. The summed E-state index contributed by atoms with van der Waals surface area (Å²) in [5, 5.41) is 10.4. The van der Waals surface area contributed by atoms with Crippen LogP contribution in [0, 0.1) is 27.7 Å². The minimum absolute atomic E-state index is 0.215. The van der Waals surface area contributed by atoms with Gasteiger partial charge >= 0.3 is 0 Å². The Bertz CT molecular complexity index is 965. The Morgan fingerprint density at radius 2 is 1.53 bits per heavy atom. The monoisotopic (exact) mass is 432 g/mol. The number of rotatable bonds is 7. The molecule has 1 saturated heterocycles. The van der Waals surface area contributed by atoms with Crippen LogP contribution >= 0.6 is 0 Å². The van der Waals surface area contributed by atoms with Crippen molar-refractivity contribution in [3.63, 3.8) is 0 Å². The summed E-state index contributed by atoms with van der Waals surface area (Å²) in [6.07, 6.45) is -0.635. The van der Waals surface area contributed by atoms with E-state index < -0.39 is 16.1 Å². The Morgan fingerprint density at radius 3 is 2.17 bits per heavy atom. The molecule has 1 fully saturated rings. The number of ether oxygens (including phenoxy) is 1. The summed E-state index contributed by atoms with van der Waals surface area (Å²) in [6.45, 7) is 10.7. The maximum atomic E-state index is 12.8. The molecule has 0 amide bonds. The summed E-state index contributed by atoms with van der Waals surface area (Å²) in [5.74, 6) is 0.836.